The van der Waals surface area contributed by atoms with Crippen LogP contribution in [0.1, 0.15) is 6.92 Å². The maximum Gasteiger partial charge on any atom is 0.246 e. The molecule has 1 aromatic rings. The Labute approximate surface area is 121 Å². The summed E-state index contributed by atoms with van der Waals surface area (Å²) < 4.78 is 0. The zero-order valence-corrected chi connectivity index (χ0v) is 11.6. The fourth-order valence-corrected chi connectivity index (χ4v) is 1.95. The van der Waals surface area contributed by atoms with Gasteiger partial charge in [-0.15, -0.1) is 0 Å². The summed E-state index contributed by atoms with van der Waals surface area (Å²) in [4.78, 5) is 36.3. The molecule has 0 saturated carbocycles. The second-order valence-corrected chi connectivity index (χ2v) is 4.91. The standard InChI is InChI=1S/C13H14ClN3O3/c1-8-13(20)17(12(19)6-15-8)7-11(18)16-10-4-2-9(14)3-5-10/h2-5,8,15H,6-7H2,1H3,(H,16,18). The normalized spacial score (nSPS) is 19.1. The minimum Gasteiger partial charge on any atom is -0.325 e. The molecule has 1 saturated heterocycles. The van der Waals surface area contributed by atoms with Crippen LogP contribution in [0, 0.1) is 0 Å². The Morgan fingerprint density at radius 1 is 1.40 bits per heavy atom. The molecule has 0 radical (unpaired) electrons. The second kappa shape index (κ2) is 6.02. The number of hydrogen-bond donors (Lipinski definition) is 2. The van der Waals surface area contributed by atoms with Crippen LogP contribution in [0.25, 0.3) is 0 Å². The van der Waals surface area contributed by atoms with Gasteiger partial charge in [-0.2, -0.15) is 0 Å². The van der Waals surface area contributed by atoms with Gasteiger partial charge < -0.3 is 5.32 Å². The van der Waals surface area contributed by atoms with Crippen molar-refractivity contribution in [3.05, 3.63) is 29.3 Å². The van der Waals surface area contributed by atoms with E-state index in [0.29, 0.717) is 10.7 Å². The van der Waals surface area contributed by atoms with Crippen LogP contribution in [-0.4, -0.2) is 41.8 Å². The van der Waals surface area contributed by atoms with Crippen molar-refractivity contribution in [3.8, 4) is 0 Å². The van der Waals surface area contributed by atoms with Crippen molar-refractivity contribution in [3.63, 3.8) is 0 Å². The van der Waals surface area contributed by atoms with E-state index in [1.54, 1.807) is 31.2 Å². The number of nitrogens with one attached hydrogen (secondary N) is 2. The Bertz CT molecular complexity index is 544. The van der Waals surface area contributed by atoms with Crippen molar-refractivity contribution in [1.29, 1.82) is 0 Å². The van der Waals surface area contributed by atoms with E-state index in [-0.39, 0.29) is 13.1 Å². The van der Waals surface area contributed by atoms with Crippen LogP contribution in [0.5, 0.6) is 0 Å². The molecule has 20 heavy (non-hydrogen) atoms. The fraction of sp³-hybridized carbons (Fsp3) is 0.308. The van der Waals surface area contributed by atoms with Crippen LogP contribution in [0.2, 0.25) is 5.02 Å². The van der Waals surface area contributed by atoms with Crippen molar-refractivity contribution in [2.24, 2.45) is 0 Å². The topological polar surface area (TPSA) is 78.5 Å². The molecule has 3 amide bonds. The molecule has 1 aliphatic heterocycles. The Morgan fingerprint density at radius 2 is 2.05 bits per heavy atom. The van der Waals surface area contributed by atoms with Gasteiger partial charge in [0.1, 0.15) is 6.54 Å². The molecule has 1 aromatic carbocycles. The average molecular weight is 296 g/mol. The molecule has 2 rings (SSSR count). The summed E-state index contributed by atoms with van der Waals surface area (Å²) in [7, 11) is 0. The van der Waals surface area contributed by atoms with Gasteiger partial charge in [0.25, 0.3) is 0 Å². The first kappa shape index (κ1) is 14.5. The highest BCUT2D eigenvalue weighted by Crippen LogP contribution is 2.13. The number of amides is 3. The Morgan fingerprint density at radius 3 is 2.70 bits per heavy atom. The summed E-state index contributed by atoms with van der Waals surface area (Å²) in [6.45, 7) is 1.42. The number of carbonyl (C=O) groups is 3. The third-order valence-corrected chi connectivity index (χ3v) is 3.18. The van der Waals surface area contributed by atoms with Crippen LogP contribution in [0.3, 0.4) is 0 Å². The third-order valence-electron chi connectivity index (χ3n) is 2.93. The van der Waals surface area contributed by atoms with E-state index < -0.39 is 23.8 Å². The lowest BCUT2D eigenvalue weighted by Gasteiger charge is -2.29. The molecule has 1 fully saturated rings. The van der Waals surface area contributed by atoms with Gasteiger partial charge in [0, 0.05) is 10.7 Å². The molecule has 6 nitrogen and oxygen atoms in total. The summed E-state index contributed by atoms with van der Waals surface area (Å²) in [6.07, 6.45) is 0. The SMILES string of the molecule is CC1NCC(=O)N(CC(=O)Nc2ccc(Cl)cc2)C1=O. The molecule has 0 bridgehead atoms. The van der Waals surface area contributed by atoms with Crippen LogP contribution in [-0.2, 0) is 14.4 Å². The highest BCUT2D eigenvalue weighted by Gasteiger charge is 2.32. The maximum atomic E-state index is 11.9. The van der Waals surface area contributed by atoms with E-state index in [2.05, 4.69) is 10.6 Å². The van der Waals surface area contributed by atoms with Crippen molar-refractivity contribution in [1.82, 2.24) is 10.2 Å². The Balaban J connectivity index is 1.98. The minimum absolute atomic E-state index is 0.0567. The van der Waals surface area contributed by atoms with Gasteiger partial charge in [0.05, 0.1) is 12.6 Å². The molecule has 1 heterocycles. The van der Waals surface area contributed by atoms with E-state index >= 15 is 0 Å². The minimum atomic E-state index is -0.462. The number of imide groups is 1. The number of hydrogen-bond acceptors (Lipinski definition) is 4. The van der Waals surface area contributed by atoms with E-state index in [0.717, 1.165) is 4.90 Å². The third kappa shape index (κ3) is 3.34. The summed E-state index contributed by atoms with van der Waals surface area (Å²) in [5.74, 6) is -1.23. The van der Waals surface area contributed by atoms with Crippen LogP contribution in [0.4, 0.5) is 5.69 Å². The summed E-state index contributed by atoms with van der Waals surface area (Å²) in [5, 5.41) is 5.92. The molecule has 7 heteroatoms. The summed E-state index contributed by atoms with van der Waals surface area (Å²) in [6, 6.07) is 6.10. The zero-order chi connectivity index (χ0) is 14.7. The van der Waals surface area contributed by atoms with Gasteiger partial charge in [0.15, 0.2) is 0 Å². The maximum absolute atomic E-state index is 11.9. The van der Waals surface area contributed by atoms with Gasteiger partial charge in [-0.25, -0.2) is 0 Å². The van der Waals surface area contributed by atoms with Crippen LogP contribution >= 0.6 is 11.6 Å². The number of carbonyl (C=O) groups excluding carboxylic acids is 3. The van der Waals surface area contributed by atoms with E-state index in [1.165, 1.54) is 0 Å². The predicted molar refractivity (Wildman–Crippen MR) is 74.3 cm³/mol. The highest BCUT2D eigenvalue weighted by atomic mass is 35.5. The Hall–Kier alpha value is -1.92. The van der Waals surface area contributed by atoms with E-state index in [4.69, 9.17) is 11.6 Å². The molecule has 1 atom stereocenters. The van der Waals surface area contributed by atoms with Crippen molar-refractivity contribution < 1.29 is 14.4 Å². The fourth-order valence-electron chi connectivity index (χ4n) is 1.82. The number of rotatable bonds is 3. The summed E-state index contributed by atoms with van der Waals surface area (Å²) in [5.41, 5.74) is 0.558. The van der Waals surface area contributed by atoms with E-state index in [1.807, 2.05) is 0 Å². The van der Waals surface area contributed by atoms with Crippen molar-refractivity contribution in [2.75, 3.05) is 18.4 Å². The smallest absolute Gasteiger partial charge is 0.246 e. The quantitative estimate of drug-likeness (QED) is 0.802. The Kier molecular flexibility index (Phi) is 4.36. The largest absolute Gasteiger partial charge is 0.325 e. The van der Waals surface area contributed by atoms with Gasteiger partial charge >= 0.3 is 0 Å². The lowest BCUT2D eigenvalue weighted by molar-refractivity contribution is -0.150. The van der Waals surface area contributed by atoms with Crippen LogP contribution < -0.4 is 10.6 Å². The molecular formula is C13H14ClN3O3. The molecule has 0 aliphatic carbocycles. The molecular weight excluding hydrogens is 282 g/mol. The first-order valence-corrected chi connectivity index (χ1v) is 6.48. The zero-order valence-electron chi connectivity index (χ0n) is 10.9. The van der Waals surface area contributed by atoms with Crippen molar-refractivity contribution >= 4 is 35.0 Å². The number of benzene rings is 1. The lowest BCUT2D eigenvalue weighted by Crippen LogP contribution is -2.58. The number of anilines is 1. The average Bonchev–Trinajstić information content (AvgIpc) is 2.42. The molecule has 0 spiro atoms. The predicted octanol–water partition coefficient (Wildman–Crippen LogP) is 0.625. The van der Waals surface area contributed by atoms with Gasteiger partial charge in [-0.3, -0.25) is 24.6 Å². The second-order valence-electron chi connectivity index (χ2n) is 4.48. The molecule has 0 aromatic heterocycles. The first-order valence-electron chi connectivity index (χ1n) is 6.10. The molecule has 2 N–H and O–H groups in total. The molecule has 106 valence electrons. The summed E-state index contributed by atoms with van der Waals surface area (Å²) >= 11 is 5.74. The number of halogens is 1. The van der Waals surface area contributed by atoms with Gasteiger partial charge in [0.2, 0.25) is 17.7 Å². The van der Waals surface area contributed by atoms with Gasteiger partial charge in [-0.05, 0) is 31.2 Å². The number of piperazine rings is 1. The highest BCUT2D eigenvalue weighted by molar-refractivity contribution is 6.30. The lowest BCUT2D eigenvalue weighted by atomic mass is 10.2. The molecule has 1 aliphatic rings. The first-order chi connectivity index (χ1) is 9.47. The number of nitrogens with zero attached hydrogens (tertiary/aromatic N) is 1. The monoisotopic (exact) mass is 295 g/mol. The van der Waals surface area contributed by atoms with E-state index in [9.17, 15) is 14.4 Å². The molecule has 1 unspecified atom stereocenters. The van der Waals surface area contributed by atoms with Crippen molar-refractivity contribution in [2.45, 2.75) is 13.0 Å². The van der Waals surface area contributed by atoms with Gasteiger partial charge in [-0.1, -0.05) is 11.6 Å². The van der Waals surface area contributed by atoms with Crippen LogP contribution in [0.15, 0.2) is 24.3 Å².